The average molecular weight is 539 g/mol. The average Bonchev–Trinajstić information content (AvgIpc) is 3.27. The van der Waals surface area contributed by atoms with Crippen LogP contribution in [0.15, 0.2) is 54.7 Å². The fourth-order valence-electron chi connectivity index (χ4n) is 4.69. The summed E-state index contributed by atoms with van der Waals surface area (Å²) in [6.07, 6.45) is 3.43. The number of nitrogens with zero attached hydrogens (tertiary/aromatic N) is 3. The number of rotatable bonds is 7. The van der Waals surface area contributed by atoms with Crippen LogP contribution in [0.1, 0.15) is 56.8 Å². The minimum Gasteiger partial charge on any atom is -0.449 e. The van der Waals surface area contributed by atoms with Crippen molar-refractivity contribution in [3.63, 3.8) is 0 Å². The van der Waals surface area contributed by atoms with Gasteiger partial charge in [-0.15, -0.1) is 5.10 Å². The largest absolute Gasteiger partial charge is 0.511 e. The molecule has 1 saturated carbocycles. The summed E-state index contributed by atoms with van der Waals surface area (Å²) in [6, 6.07) is 13.3. The van der Waals surface area contributed by atoms with Gasteiger partial charge in [-0.2, -0.15) is 0 Å². The normalized spacial score (nSPS) is 17.2. The van der Waals surface area contributed by atoms with Crippen molar-refractivity contribution < 1.29 is 24.2 Å². The molecule has 2 amide bonds. The van der Waals surface area contributed by atoms with Crippen molar-refractivity contribution in [1.29, 1.82) is 0 Å². The maximum Gasteiger partial charge on any atom is 0.511 e. The molecule has 0 saturated heterocycles. The molecule has 200 valence electrons. The van der Waals surface area contributed by atoms with Crippen molar-refractivity contribution in [3.8, 4) is 11.4 Å². The summed E-state index contributed by atoms with van der Waals surface area (Å²) < 4.78 is 6.49. The minimum absolute atomic E-state index is 0.0470. The third-order valence-electron chi connectivity index (χ3n) is 6.69. The zero-order valence-corrected chi connectivity index (χ0v) is 22.3. The fraction of sp³-hybridized carbons (Fsp3) is 0.357. The number of carboxylic acid groups (broad SMARTS) is 1. The maximum absolute atomic E-state index is 13.6. The van der Waals surface area contributed by atoms with E-state index in [-0.39, 0.29) is 35.3 Å². The number of carbonyl (C=O) groups excluding carboxylic acids is 2. The monoisotopic (exact) mass is 538 g/mol. The van der Waals surface area contributed by atoms with Crippen LogP contribution in [0.3, 0.4) is 0 Å². The highest BCUT2D eigenvalue weighted by Gasteiger charge is 2.34. The molecule has 1 aliphatic carbocycles. The Labute approximate surface area is 226 Å². The Hall–Kier alpha value is -3.85. The predicted molar refractivity (Wildman–Crippen MR) is 145 cm³/mol. The molecule has 9 nitrogen and oxygen atoms in total. The van der Waals surface area contributed by atoms with Gasteiger partial charge in [0, 0.05) is 17.6 Å². The van der Waals surface area contributed by atoms with E-state index in [0.29, 0.717) is 27.9 Å². The fourth-order valence-corrected chi connectivity index (χ4v) is 4.91. The van der Waals surface area contributed by atoms with Crippen LogP contribution in [0.4, 0.5) is 16.3 Å². The molecule has 0 aliphatic heterocycles. The molecule has 2 N–H and O–H groups in total. The topological polar surface area (TPSA) is 114 Å². The van der Waals surface area contributed by atoms with E-state index < -0.39 is 6.16 Å². The van der Waals surface area contributed by atoms with Gasteiger partial charge in [-0.25, -0.2) is 9.48 Å². The first kappa shape index (κ1) is 27.2. The molecule has 10 heteroatoms. The molecule has 2 aromatic carbocycles. The van der Waals surface area contributed by atoms with Crippen LogP contribution >= 0.6 is 11.6 Å². The highest BCUT2D eigenvalue weighted by atomic mass is 35.5. The Morgan fingerprint density at radius 1 is 1.11 bits per heavy atom. The SMILES string of the molecule is CC(C)N(c1nn(-c2cccc(NC(=O)c3ccccc3Cl)c2)cc1OC(=O)O)C(=O)[C@H]1CC[C@H](C)CC1. The second kappa shape index (κ2) is 11.7. The molecule has 1 aromatic heterocycles. The standard InChI is InChI=1S/C28H31ClN4O5/c1-17(2)33(27(35)19-13-11-18(3)12-14-19)25-24(38-28(36)37)16-32(31-25)21-8-6-7-20(15-21)30-26(34)22-9-4-5-10-23(22)29/h4-10,15-19H,11-14H2,1-3H3,(H,30,34)(H,36,37)/t18-,19-. The van der Waals surface area contributed by atoms with Crippen molar-refractivity contribution in [1.82, 2.24) is 9.78 Å². The van der Waals surface area contributed by atoms with Gasteiger partial charge in [-0.3, -0.25) is 14.5 Å². The zero-order valence-electron chi connectivity index (χ0n) is 21.6. The summed E-state index contributed by atoms with van der Waals surface area (Å²) in [4.78, 5) is 39.3. The van der Waals surface area contributed by atoms with Crippen LogP contribution in [0, 0.1) is 11.8 Å². The lowest BCUT2D eigenvalue weighted by molar-refractivity contribution is -0.124. The van der Waals surface area contributed by atoms with E-state index in [9.17, 15) is 19.5 Å². The van der Waals surface area contributed by atoms with Gasteiger partial charge in [0.1, 0.15) is 0 Å². The number of carbonyl (C=O) groups is 3. The number of halogens is 1. The highest BCUT2D eigenvalue weighted by Crippen LogP contribution is 2.35. The summed E-state index contributed by atoms with van der Waals surface area (Å²) in [7, 11) is 0. The molecule has 3 aromatic rings. The number of hydrogen-bond donors (Lipinski definition) is 2. The van der Waals surface area contributed by atoms with Gasteiger partial charge in [0.15, 0.2) is 5.75 Å². The third kappa shape index (κ3) is 6.16. The van der Waals surface area contributed by atoms with Crippen molar-refractivity contribution in [2.24, 2.45) is 11.8 Å². The molecule has 1 heterocycles. The number of hydrogen-bond acceptors (Lipinski definition) is 5. The van der Waals surface area contributed by atoms with Crippen LogP contribution < -0.4 is 15.0 Å². The first-order valence-corrected chi connectivity index (χ1v) is 13.0. The lowest BCUT2D eigenvalue weighted by atomic mass is 9.82. The predicted octanol–water partition coefficient (Wildman–Crippen LogP) is 6.40. The van der Waals surface area contributed by atoms with Crippen molar-refractivity contribution in [2.45, 2.75) is 52.5 Å². The van der Waals surface area contributed by atoms with Gasteiger partial charge in [-0.05, 0) is 75.8 Å². The second-order valence-electron chi connectivity index (χ2n) is 9.87. The first-order chi connectivity index (χ1) is 18.1. The van der Waals surface area contributed by atoms with Gasteiger partial charge in [-0.1, -0.05) is 36.7 Å². The number of benzene rings is 2. The summed E-state index contributed by atoms with van der Waals surface area (Å²) in [5, 5.41) is 17.1. The highest BCUT2D eigenvalue weighted by molar-refractivity contribution is 6.34. The molecule has 0 bridgehead atoms. The van der Waals surface area contributed by atoms with Crippen molar-refractivity contribution >= 4 is 41.1 Å². The summed E-state index contributed by atoms with van der Waals surface area (Å²) in [5.41, 5.74) is 1.35. The smallest absolute Gasteiger partial charge is 0.449 e. The van der Waals surface area contributed by atoms with E-state index in [2.05, 4.69) is 17.3 Å². The number of aromatic nitrogens is 2. The maximum atomic E-state index is 13.6. The zero-order chi connectivity index (χ0) is 27.4. The number of nitrogens with one attached hydrogen (secondary N) is 1. The van der Waals surface area contributed by atoms with E-state index in [1.165, 1.54) is 15.8 Å². The Morgan fingerprint density at radius 3 is 2.47 bits per heavy atom. The van der Waals surface area contributed by atoms with E-state index in [1.807, 2.05) is 13.8 Å². The van der Waals surface area contributed by atoms with E-state index in [1.54, 1.807) is 48.5 Å². The Morgan fingerprint density at radius 2 is 1.82 bits per heavy atom. The van der Waals surface area contributed by atoms with Crippen LogP contribution in [-0.2, 0) is 4.79 Å². The molecule has 1 fully saturated rings. The molecule has 0 spiro atoms. The molecule has 1 aliphatic rings. The van der Waals surface area contributed by atoms with Crippen LogP contribution in [-0.4, -0.2) is 38.9 Å². The number of amides is 2. The lowest BCUT2D eigenvalue weighted by Gasteiger charge is -2.32. The van der Waals surface area contributed by atoms with Crippen LogP contribution in [0.25, 0.3) is 5.69 Å². The molecule has 4 rings (SSSR count). The summed E-state index contributed by atoms with van der Waals surface area (Å²) in [5.74, 6) is 0.0585. The van der Waals surface area contributed by atoms with Gasteiger partial charge < -0.3 is 15.2 Å². The molecule has 0 radical (unpaired) electrons. The van der Waals surface area contributed by atoms with Gasteiger partial charge in [0.2, 0.25) is 11.7 Å². The summed E-state index contributed by atoms with van der Waals surface area (Å²) >= 11 is 6.15. The van der Waals surface area contributed by atoms with Gasteiger partial charge in [0.05, 0.1) is 22.5 Å². The molecule has 0 atom stereocenters. The molecular weight excluding hydrogens is 508 g/mol. The van der Waals surface area contributed by atoms with Crippen LogP contribution in [0.2, 0.25) is 5.02 Å². The minimum atomic E-state index is -1.51. The molecule has 0 unspecified atom stereocenters. The van der Waals surface area contributed by atoms with Crippen molar-refractivity contribution in [2.75, 3.05) is 10.2 Å². The second-order valence-corrected chi connectivity index (χ2v) is 10.3. The Balaban J connectivity index is 1.65. The lowest BCUT2D eigenvalue weighted by Crippen LogP contribution is -2.42. The molecular formula is C28H31ClN4O5. The van der Waals surface area contributed by atoms with E-state index >= 15 is 0 Å². The number of anilines is 2. The first-order valence-electron chi connectivity index (χ1n) is 12.6. The third-order valence-corrected chi connectivity index (χ3v) is 7.02. The van der Waals surface area contributed by atoms with Crippen LogP contribution in [0.5, 0.6) is 5.75 Å². The van der Waals surface area contributed by atoms with Gasteiger partial charge in [0.25, 0.3) is 5.91 Å². The quantitative estimate of drug-likeness (QED) is 0.336. The molecule has 38 heavy (non-hydrogen) atoms. The van der Waals surface area contributed by atoms with E-state index in [0.717, 1.165) is 25.7 Å². The van der Waals surface area contributed by atoms with Crippen molar-refractivity contribution in [3.05, 3.63) is 65.3 Å². The Kier molecular flexibility index (Phi) is 8.36. The van der Waals surface area contributed by atoms with Gasteiger partial charge >= 0.3 is 6.16 Å². The number of ether oxygens (including phenoxy) is 1. The summed E-state index contributed by atoms with van der Waals surface area (Å²) in [6.45, 7) is 5.90. The van der Waals surface area contributed by atoms with E-state index in [4.69, 9.17) is 16.3 Å². The Bertz CT molecular complexity index is 1330.